The predicted molar refractivity (Wildman–Crippen MR) is 109 cm³/mol. The van der Waals surface area contributed by atoms with E-state index in [2.05, 4.69) is 19.1 Å². The molecule has 3 aromatic rings. The summed E-state index contributed by atoms with van der Waals surface area (Å²) in [4.78, 5) is 12.7. The van der Waals surface area contributed by atoms with Gasteiger partial charge in [0, 0.05) is 5.52 Å². The van der Waals surface area contributed by atoms with E-state index in [4.69, 9.17) is 4.74 Å². The van der Waals surface area contributed by atoms with Gasteiger partial charge in [0.2, 0.25) is 0 Å². The van der Waals surface area contributed by atoms with Gasteiger partial charge in [-0.15, -0.1) is 0 Å². The first-order valence-electron chi connectivity index (χ1n) is 8.63. The summed E-state index contributed by atoms with van der Waals surface area (Å²) in [5.41, 5.74) is 5.38. The maximum Gasteiger partial charge on any atom is 1.00 e. The molecule has 0 saturated carbocycles. The molecule has 132 valence electrons. The molecule has 3 rings (SSSR count). The van der Waals surface area contributed by atoms with Gasteiger partial charge in [0.1, 0.15) is 12.4 Å². The molecule has 2 nitrogen and oxygen atoms in total. The molecule has 0 aromatic heterocycles. The molecule has 27 heavy (non-hydrogen) atoms. The number of hydrogen-bond donors (Lipinski definition) is 0. The third kappa shape index (κ3) is 5.82. The number of carbonyl (C=O) groups is 1. The number of hydrogen-bond acceptors (Lipinski definition) is 2. The quantitative estimate of drug-likeness (QED) is 0.494. The van der Waals surface area contributed by atoms with Gasteiger partial charge in [-0.2, -0.15) is 5.30 Å². The van der Waals surface area contributed by atoms with Crippen LogP contribution in [0.15, 0.2) is 66.7 Å². The molecule has 0 heterocycles. The smallest absolute Gasteiger partial charge is 0.489 e. The molecule has 0 N–H and O–H groups in total. The Morgan fingerprint density at radius 3 is 2.07 bits per heavy atom. The molecule has 0 aliphatic carbocycles. The Bertz CT molecular complexity index is 882. The fraction of sp³-hybridized carbons (Fsp3) is 0.174. The van der Waals surface area contributed by atoms with Crippen LogP contribution in [0.1, 0.15) is 32.6 Å². The zero-order valence-corrected chi connectivity index (χ0v) is 17.2. The molecule has 0 saturated heterocycles. The second-order valence-electron chi connectivity index (χ2n) is 6.46. The molecule has 0 aliphatic rings. The molecule has 0 fully saturated rings. The van der Waals surface area contributed by atoms with Gasteiger partial charge in [-0.3, -0.25) is 0 Å². The van der Waals surface area contributed by atoms with Crippen LogP contribution in [0.4, 0.5) is 0 Å². The minimum atomic E-state index is 0. The summed E-state index contributed by atoms with van der Waals surface area (Å²) < 4.78 is 5.80. The van der Waals surface area contributed by atoms with Crippen molar-refractivity contribution in [1.82, 2.24) is 0 Å². The zero-order valence-electron chi connectivity index (χ0n) is 16.3. The maximum atomic E-state index is 12.7. The van der Waals surface area contributed by atoms with E-state index in [9.17, 15) is 4.79 Å². The van der Waals surface area contributed by atoms with Crippen LogP contribution in [0.5, 0.6) is 5.75 Å². The van der Waals surface area contributed by atoms with Gasteiger partial charge in [0.25, 0.3) is 0 Å². The van der Waals surface area contributed by atoms with Crippen LogP contribution in [0.25, 0.3) is 0 Å². The third-order valence-electron chi connectivity index (χ3n) is 4.21. The molecule has 0 atom stereocenters. The van der Waals surface area contributed by atoms with Crippen molar-refractivity contribution in [3.8, 4) is 5.75 Å². The Kier molecular flexibility index (Phi) is 7.87. The van der Waals surface area contributed by atoms with Gasteiger partial charge in [0.15, 0.2) is 0 Å². The molecule has 0 aliphatic heterocycles. The molecule has 0 bridgehead atoms. The Morgan fingerprint density at radius 1 is 0.889 bits per heavy atom. The van der Waals surface area contributed by atoms with Crippen molar-refractivity contribution in [2.45, 2.75) is 27.4 Å². The first-order valence-corrected chi connectivity index (χ1v) is 9.53. The molecule has 0 amide bonds. The van der Waals surface area contributed by atoms with Crippen molar-refractivity contribution < 1.29 is 28.4 Å². The molecule has 0 radical (unpaired) electrons. The van der Waals surface area contributed by atoms with Crippen LogP contribution in [-0.2, 0) is 6.61 Å². The SMILES string of the molecule is Cc1cc(C)c(C(=O)[P-]c2ccc(OCc3ccccc3)cc2)c(C)c1.[Li+]. The van der Waals surface area contributed by atoms with E-state index >= 15 is 0 Å². The Labute approximate surface area is 175 Å². The number of aryl methyl sites for hydroxylation is 3. The van der Waals surface area contributed by atoms with Crippen LogP contribution in [0.3, 0.4) is 0 Å². The number of benzene rings is 3. The number of carbonyl (C=O) groups excluding carboxylic acids is 1. The van der Waals surface area contributed by atoms with Crippen LogP contribution in [0, 0.1) is 20.8 Å². The van der Waals surface area contributed by atoms with Gasteiger partial charge in [-0.25, -0.2) is 0 Å². The van der Waals surface area contributed by atoms with Crippen molar-refractivity contribution in [3.63, 3.8) is 0 Å². The standard InChI is InChI=1S/C23H22O2P.Li/c1-16-13-17(2)22(18(3)14-16)23(24)26-21-11-9-20(10-12-21)25-15-19-7-5-4-6-8-19;/h4-14H,15H2,1-3H3;/q-1;+1. The molecule has 0 spiro atoms. The van der Waals surface area contributed by atoms with Crippen molar-refractivity contribution in [3.05, 3.63) is 94.5 Å². The molecular weight excluding hydrogens is 346 g/mol. The summed E-state index contributed by atoms with van der Waals surface area (Å²) in [5, 5.41) is 0.974. The molecule has 4 heteroatoms. The summed E-state index contributed by atoms with van der Waals surface area (Å²) >= 11 is 0. The summed E-state index contributed by atoms with van der Waals surface area (Å²) in [6, 6.07) is 22.0. The van der Waals surface area contributed by atoms with E-state index in [1.165, 1.54) is 5.56 Å². The topological polar surface area (TPSA) is 26.3 Å². The zero-order chi connectivity index (χ0) is 18.5. The first-order chi connectivity index (χ1) is 12.5. The van der Waals surface area contributed by atoms with E-state index in [0.717, 1.165) is 33.3 Å². The summed E-state index contributed by atoms with van der Waals surface area (Å²) in [7, 11) is 0.691. The summed E-state index contributed by atoms with van der Waals surface area (Å²) in [5.74, 6) is 0.808. The van der Waals surface area contributed by atoms with Gasteiger partial charge >= 0.3 is 18.9 Å². The van der Waals surface area contributed by atoms with Crippen LogP contribution in [-0.4, -0.2) is 5.52 Å². The molecular formula is C23H22LiO2P. The van der Waals surface area contributed by atoms with Crippen molar-refractivity contribution in [2.24, 2.45) is 0 Å². The van der Waals surface area contributed by atoms with Crippen molar-refractivity contribution in [2.75, 3.05) is 0 Å². The van der Waals surface area contributed by atoms with E-state index in [1.807, 2.05) is 68.4 Å². The van der Waals surface area contributed by atoms with E-state index < -0.39 is 0 Å². The van der Waals surface area contributed by atoms with Gasteiger partial charge in [0.05, 0.1) is 0 Å². The average molecular weight is 368 g/mol. The Morgan fingerprint density at radius 2 is 1.48 bits per heavy atom. The molecule has 3 aromatic carbocycles. The van der Waals surface area contributed by atoms with Gasteiger partial charge < -0.3 is 18.1 Å². The summed E-state index contributed by atoms with van der Waals surface area (Å²) in [6.07, 6.45) is 0. The second kappa shape index (κ2) is 9.91. The number of ether oxygens (including phenoxy) is 1. The van der Waals surface area contributed by atoms with Crippen LogP contribution >= 0.6 is 8.58 Å². The first kappa shape index (κ1) is 21.5. The van der Waals surface area contributed by atoms with Crippen molar-refractivity contribution in [1.29, 1.82) is 0 Å². The Balaban J connectivity index is 0.00000261. The Hall–Kier alpha value is -1.84. The normalized spacial score (nSPS) is 10.6. The largest absolute Gasteiger partial charge is 1.00 e. The van der Waals surface area contributed by atoms with Crippen LogP contribution in [0.2, 0.25) is 0 Å². The summed E-state index contributed by atoms with van der Waals surface area (Å²) in [6.45, 7) is 6.60. The minimum Gasteiger partial charge on any atom is -0.489 e. The maximum absolute atomic E-state index is 12.7. The van der Waals surface area contributed by atoms with Gasteiger partial charge in [-0.05, 0) is 55.2 Å². The predicted octanol–water partition coefficient (Wildman–Crippen LogP) is 2.61. The monoisotopic (exact) mass is 368 g/mol. The van der Waals surface area contributed by atoms with Crippen molar-refractivity contribution >= 4 is 19.4 Å². The fourth-order valence-corrected chi connectivity index (χ4v) is 4.05. The average Bonchev–Trinajstić information content (AvgIpc) is 2.61. The minimum absolute atomic E-state index is 0. The van der Waals surface area contributed by atoms with E-state index in [1.54, 1.807) is 0 Å². The number of rotatable bonds is 6. The second-order valence-corrected chi connectivity index (χ2v) is 7.61. The molecule has 0 unspecified atom stereocenters. The van der Waals surface area contributed by atoms with E-state index in [0.29, 0.717) is 15.2 Å². The van der Waals surface area contributed by atoms with Crippen LogP contribution < -0.4 is 28.9 Å². The van der Waals surface area contributed by atoms with Gasteiger partial charge in [-0.1, -0.05) is 60.2 Å². The van der Waals surface area contributed by atoms with E-state index in [-0.39, 0.29) is 24.4 Å². The third-order valence-corrected chi connectivity index (χ3v) is 5.19. The fourth-order valence-electron chi connectivity index (χ4n) is 3.05.